The maximum absolute atomic E-state index is 12.8. The molecular formula is C24H23N3O4S. The zero-order chi connectivity index (χ0) is 21.9. The minimum Gasteiger partial charge on any atom is -0.486 e. The lowest BCUT2D eigenvalue weighted by atomic mass is 10.0. The fourth-order valence-electron chi connectivity index (χ4n) is 3.75. The molecule has 1 aliphatic carbocycles. The van der Waals surface area contributed by atoms with Crippen molar-refractivity contribution < 1.29 is 19.1 Å². The van der Waals surface area contributed by atoms with Crippen LogP contribution in [-0.2, 0) is 11.2 Å². The Bertz CT molecular complexity index is 1130. The number of fused-ring (bicyclic) bond motifs is 1. The summed E-state index contributed by atoms with van der Waals surface area (Å²) in [5.41, 5.74) is 2.22. The van der Waals surface area contributed by atoms with Crippen molar-refractivity contribution in [2.45, 2.75) is 25.3 Å². The highest BCUT2D eigenvalue weighted by atomic mass is 32.1. The summed E-state index contributed by atoms with van der Waals surface area (Å²) in [6.45, 7) is 1.08. The average Bonchev–Trinajstić information content (AvgIpc) is 3.58. The third-order valence-corrected chi connectivity index (χ3v) is 6.29. The molecule has 2 aromatic carbocycles. The number of aromatic nitrogens is 1. The third kappa shape index (κ3) is 4.75. The quantitative estimate of drug-likeness (QED) is 0.570. The highest BCUT2D eigenvalue weighted by Crippen LogP contribution is 2.43. The number of hydrogen-bond acceptors (Lipinski definition) is 6. The number of hydrogen-bond donors (Lipinski definition) is 2. The Labute approximate surface area is 189 Å². The normalized spacial score (nSPS) is 15.6. The zero-order valence-corrected chi connectivity index (χ0v) is 18.2. The van der Waals surface area contributed by atoms with Gasteiger partial charge in [0.2, 0.25) is 5.91 Å². The van der Waals surface area contributed by atoms with Crippen molar-refractivity contribution in [3.63, 3.8) is 0 Å². The summed E-state index contributed by atoms with van der Waals surface area (Å²) < 4.78 is 11.3. The highest BCUT2D eigenvalue weighted by Gasteiger charge is 2.34. The summed E-state index contributed by atoms with van der Waals surface area (Å²) in [5.74, 6) is 1.59. The number of anilines is 1. The van der Waals surface area contributed by atoms with Crippen molar-refractivity contribution in [1.82, 2.24) is 10.3 Å². The van der Waals surface area contributed by atoms with Gasteiger partial charge in [0.25, 0.3) is 5.91 Å². The van der Waals surface area contributed by atoms with E-state index in [1.807, 2.05) is 36.4 Å². The average molecular weight is 450 g/mol. The van der Waals surface area contributed by atoms with E-state index in [0.717, 1.165) is 29.9 Å². The number of carbonyl (C=O) groups is 2. The van der Waals surface area contributed by atoms with E-state index in [-0.39, 0.29) is 24.3 Å². The summed E-state index contributed by atoms with van der Waals surface area (Å²) >= 11 is 1.31. The van der Waals surface area contributed by atoms with Crippen molar-refractivity contribution in [1.29, 1.82) is 0 Å². The fraction of sp³-hybridized carbons (Fsp3) is 0.292. The second-order valence-corrected chi connectivity index (χ2v) is 8.78. The monoisotopic (exact) mass is 449 g/mol. The minimum atomic E-state index is -0.219. The molecule has 0 radical (unpaired) electrons. The van der Waals surface area contributed by atoms with E-state index in [9.17, 15) is 9.59 Å². The first kappa shape index (κ1) is 20.5. The van der Waals surface area contributed by atoms with Crippen LogP contribution in [0.25, 0.3) is 0 Å². The molecule has 3 aromatic rings. The van der Waals surface area contributed by atoms with Gasteiger partial charge in [0.05, 0.1) is 18.2 Å². The highest BCUT2D eigenvalue weighted by molar-refractivity contribution is 7.14. The standard InChI is InChI=1S/C24H23N3O4S/c28-21(13-18-14-32-24(25-18)27-23(29)16-4-2-1-3-5-16)26-22(15-6-7-15)17-8-9-19-20(12-17)31-11-10-30-19/h1-5,8-9,12,14-15,22H,6-7,10-11,13H2,(H,26,28)(H,25,27,29). The number of benzene rings is 2. The van der Waals surface area contributed by atoms with E-state index < -0.39 is 0 Å². The van der Waals surface area contributed by atoms with Crippen molar-refractivity contribution in [3.05, 3.63) is 70.7 Å². The largest absolute Gasteiger partial charge is 0.486 e. The molecule has 8 heteroatoms. The SMILES string of the molecule is O=C(Cc1csc(NC(=O)c2ccccc2)n1)NC(c1ccc2c(c1)OCCO2)C1CC1. The molecule has 1 fully saturated rings. The summed E-state index contributed by atoms with van der Waals surface area (Å²) in [5, 5.41) is 8.24. The number of ether oxygens (including phenoxy) is 2. The molecule has 2 aliphatic rings. The van der Waals surface area contributed by atoms with E-state index in [2.05, 4.69) is 15.6 Å². The molecule has 2 N–H and O–H groups in total. The van der Waals surface area contributed by atoms with Gasteiger partial charge < -0.3 is 14.8 Å². The second-order valence-electron chi connectivity index (χ2n) is 7.93. The third-order valence-electron chi connectivity index (χ3n) is 5.49. The Balaban J connectivity index is 1.22. The number of rotatable bonds is 7. The number of nitrogens with one attached hydrogen (secondary N) is 2. The van der Waals surface area contributed by atoms with E-state index in [1.54, 1.807) is 17.5 Å². The molecule has 164 valence electrons. The molecule has 0 saturated heterocycles. The van der Waals surface area contributed by atoms with E-state index >= 15 is 0 Å². The molecule has 0 bridgehead atoms. The molecule has 7 nitrogen and oxygen atoms in total. The maximum Gasteiger partial charge on any atom is 0.257 e. The summed E-state index contributed by atoms with van der Waals surface area (Å²) in [7, 11) is 0. The predicted octanol–water partition coefficient (Wildman–Crippen LogP) is 3.98. The van der Waals surface area contributed by atoms with Crippen LogP contribution in [0.5, 0.6) is 11.5 Å². The fourth-order valence-corrected chi connectivity index (χ4v) is 4.45. The van der Waals surface area contributed by atoms with Gasteiger partial charge in [-0.15, -0.1) is 11.3 Å². The van der Waals surface area contributed by atoms with Crippen molar-refractivity contribution in [2.75, 3.05) is 18.5 Å². The first-order valence-electron chi connectivity index (χ1n) is 10.7. The molecule has 1 aliphatic heterocycles. The maximum atomic E-state index is 12.8. The lowest BCUT2D eigenvalue weighted by Crippen LogP contribution is -2.31. The second kappa shape index (κ2) is 9.00. The summed E-state index contributed by atoms with van der Waals surface area (Å²) in [6, 6.07) is 14.8. The lowest BCUT2D eigenvalue weighted by Gasteiger charge is -2.23. The summed E-state index contributed by atoms with van der Waals surface area (Å²) in [6.07, 6.45) is 2.34. The van der Waals surface area contributed by atoms with Gasteiger partial charge in [0.15, 0.2) is 16.6 Å². The van der Waals surface area contributed by atoms with Gasteiger partial charge in [0.1, 0.15) is 13.2 Å². The van der Waals surface area contributed by atoms with Crippen LogP contribution in [0.2, 0.25) is 0 Å². The Morgan fingerprint density at radius 1 is 1.06 bits per heavy atom. The summed E-state index contributed by atoms with van der Waals surface area (Å²) in [4.78, 5) is 29.5. The topological polar surface area (TPSA) is 89.6 Å². The van der Waals surface area contributed by atoms with Crippen molar-refractivity contribution in [2.24, 2.45) is 5.92 Å². The van der Waals surface area contributed by atoms with E-state index in [1.165, 1.54) is 11.3 Å². The van der Waals surface area contributed by atoms with Crippen LogP contribution in [0.15, 0.2) is 53.9 Å². The molecular weight excluding hydrogens is 426 g/mol. The Hall–Kier alpha value is -3.39. The van der Waals surface area contributed by atoms with Crippen molar-refractivity contribution >= 4 is 28.3 Å². The minimum absolute atomic E-state index is 0.0609. The lowest BCUT2D eigenvalue weighted by molar-refractivity contribution is -0.121. The van der Waals surface area contributed by atoms with Crippen molar-refractivity contribution in [3.8, 4) is 11.5 Å². The molecule has 1 atom stereocenters. The first-order valence-corrected chi connectivity index (χ1v) is 11.5. The smallest absolute Gasteiger partial charge is 0.257 e. The van der Waals surface area contributed by atoms with Crippen LogP contribution in [0.3, 0.4) is 0 Å². The molecule has 2 heterocycles. The molecule has 5 rings (SSSR count). The molecule has 1 saturated carbocycles. The number of carbonyl (C=O) groups excluding carboxylic acids is 2. The molecule has 2 amide bonds. The van der Waals surface area contributed by atoms with Crippen LogP contribution in [0.4, 0.5) is 5.13 Å². The molecule has 0 spiro atoms. The number of nitrogens with zero attached hydrogens (tertiary/aromatic N) is 1. The van der Waals surface area contributed by atoms with Gasteiger partial charge in [-0.3, -0.25) is 14.9 Å². The molecule has 32 heavy (non-hydrogen) atoms. The van der Waals surface area contributed by atoms with Crippen LogP contribution in [0, 0.1) is 5.92 Å². The van der Waals surface area contributed by atoms with Crippen LogP contribution in [-0.4, -0.2) is 30.0 Å². The van der Waals surface area contributed by atoms with Gasteiger partial charge in [0, 0.05) is 10.9 Å². The molecule has 1 unspecified atom stereocenters. The first-order chi connectivity index (χ1) is 15.7. The van der Waals surface area contributed by atoms with Crippen LogP contribution in [0.1, 0.15) is 40.5 Å². The Kier molecular flexibility index (Phi) is 5.77. The van der Waals surface area contributed by atoms with Gasteiger partial charge >= 0.3 is 0 Å². The molecule has 1 aromatic heterocycles. The van der Waals surface area contributed by atoms with Crippen LogP contribution < -0.4 is 20.1 Å². The van der Waals surface area contributed by atoms with Gasteiger partial charge in [-0.1, -0.05) is 24.3 Å². The zero-order valence-electron chi connectivity index (χ0n) is 17.4. The predicted molar refractivity (Wildman–Crippen MR) is 121 cm³/mol. The Morgan fingerprint density at radius 2 is 1.84 bits per heavy atom. The van der Waals surface area contributed by atoms with Gasteiger partial charge in [-0.05, 0) is 48.6 Å². The van der Waals surface area contributed by atoms with Gasteiger partial charge in [-0.25, -0.2) is 4.98 Å². The Morgan fingerprint density at radius 3 is 2.62 bits per heavy atom. The van der Waals surface area contributed by atoms with Crippen LogP contribution >= 0.6 is 11.3 Å². The van der Waals surface area contributed by atoms with E-state index in [0.29, 0.717) is 35.5 Å². The van der Waals surface area contributed by atoms with Gasteiger partial charge in [-0.2, -0.15) is 0 Å². The number of amides is 2. The van der Waals surface area contributed by atoms with E-state index in [4.69, 9.17) is 9.47 Å². The number of thiazole rings is 1.